The monoisotopic (exact) mass is 319 g/mol. The number of pyridine rings is 1. The first-order valence-electron chi connectivity index (χ1n) is 6.79. The van der Waals surface area contributed by atoms with Crippen LogP contribution in [-0.4, -0.2) is 17.6 Å². The lowest BCUT2D eigenvalue weighted by atomic mass is 10.2. The van der Waals surface area contributed by atoms with Crippen molar-refractivity contribution in [2.75, 3.05) is 6.54 Å². The Kier molecular flexibility index (Phi) is 5.62. The topological polar surface area (TPSA) is 63.2 Å². The predicted octanol–water partition coefficient (Wildman–Crippen LogP) is 3.14. The van der Waals surface area contributed by atoms with E-state index in [-0.39, 0.29) is 24.2 Å². The largest absolute Gasteiger partial charge is 0.439 e. The van der Waals surface area contributed by atoms with Crippen molar-refractivity contribution in [1.82, 2.24) is 15.6 Å². The van der Waals surface area contributed by atoms with Gasteiger partial charge in [0.1, 0.15) is 5.75 Å². The Labute approximate surface area is 132 Å². The van der Waals surface area contributed by atoms with Gasteiger partial charge in [0.15, 0.2) is 11.6 Å². The van der Waals surface area contributed by atoms with E-state index in [1.165, 1.54) is 12.3 Å². The van der Waals surface area contributed by atoms with Crippen molar-refractivity contribution in [3.63, 3.8) is 0 Å². The van der Waals surface area contributed by atoms with Gasteiger partial charge < -0.3 is 15.4 Å². The Bertz CT molecular complexity index is 707. The molecule has 0 atom stereocenters. The molecule has 0 saturated carbocycles. The molecule has 0 radical (unpaired) electrons. The number of hydrogen-bond acceptors (Lipinski definition) is 3. The molecule has 5 nitrogen and oxygen atoms in total. The van der Waals surface area contributed by atoms with E-state index in [2.05, 4.69) is 22.2 Å². The zero-order chi connectivity index (χ0) is 16.7. The van der Waals surface area contributed by atoms with Gasteiger partial charge in [-0.3, -0.25) is 0 Å². The lowest BCUT2D eigenvalue weighted by Gasteiger charge is -2.11. The zero-order valence-corrected chi connectivity index (χ0v) is 12.2. The number of halogens is 2. The Morgan fingerprint density at radius 1 is 1.26 bits per heavy atom. The number of nitrogens with zero attached hydrogens (tertiary/aromatic N) is 1. The van der Waals surface area contributed by atoms with Gasteiger partial charge in [-0.2, -0.15) is 0 Å². The molecule has 2 rings (SSSR count). The third kappa shape index (κ3) is 4.77. The van der Waals surface area contributed by atoms with Crippen LogP contribution in [0.3, 0.4) is 0 Å². The van der Waals surface area contributed by atoms with Crippen LogP contribution in [0.2, 0.25) is 0 Å². The molecular weight excluding hydrogens is 304 g/mol. The van der Waals surface area contributed by atoms with Crippen LogP contribution < -0.4 is 15.4 Å². The summed E-state index contributed by atoms with van der Waals surface area (Å²) in [6, 6.07) is 6.20. The summed E-state index contributed by atoms with van der Waals surface area (Å²) in [6.07, 6.45) is 3.05. The summed E-state index contributed by atoms with van der Waals surface area (Å²) in [4.78, 5) is 15.5. The van der Waals surface area contributed by atoms with E-state index in [0.29, 0.717) is 12.1 Å². The van der Waals surface area contributed by atoms with Crippen LogP contribution in [0, 0.1) is 11.6 Å². The first kappa shape index (κ1) is 16.4. The minimum atomic E-state index is -1.01. The Hall–Kier alpha value is -2.96. The van der Waals surface area contributed by atoms with E-state index in [4.69, 9.17) is 4.74 Å². The van der Waals surface area contributed by atoms with Crippen molar-refractivity contribution in [3.8, 4) is 11.6 Å². The highest BCUT2D eigenvalue weighted by Gasteiger charge is 2.09. The van der Waals surface area contributed by atoms with Gasteiger partial charge in [0, 0.05) is 30.9 Å². The molecule has 1 aromatic carbocycles. The summed E-state index contributed by atoms with van der Waals surface area (Å²) in [7, 11) is 0. The minimum absolute atomic E-state index is 0.111. The van der Waals surface area contributed by atoms with Crippen LogP contribution >= 0.6 is 0 Å². The summed E-state index contributed by atoms with van der Waals surface area (Å²) < 4.78 is 31.6. The zero-order valence-electron chi connectivity index (χ0n) is 12.2. The number of hydrogen-bond donors (Lipinski definition) is 2. The second-order valence-electron chi connectivity index (χ2n) is 4.50. The van der Waals surface area contributed by atoms with Crippen LogP contribution in [-0.2, 0) is 6.54 Å². The quantitative estimate of drug-likeness (QED) is 0.804. The molecule has 0 saturated heterocycles. The molecule has 2 N–H and O–H groups in total. The van der Waals surface area contributed by atoms with Crippen molar-refractivity contribution in [2.45, 2.75) is 6.54 Å². The number of ether oxygens (including phenoxy) is 1. The van der Waals surface area contributed by atoms with Gasteiger partial charge in [-0.1, -0.05) is 12.1 Å². The van der Waals surface area contributed by atoms with Gasteiger partial charge in [-0.15, -0.1) is 6.58 Å². The van der Waals surface area contributed by atoms with Gasteiger partial charge >= 0.3 is 6.03 Å². The molecule has 0 aliphatic heterocycles. The first-order chi connectivity index (χ1) is 11.1. The van der Waals surface area contributed by atoms with Gasteiger partial charge in [0.25, 0.3) is 0 Å². The maximum Gasteiger partial charge on any atom is 0.315 e. The highest BCUT2D eigenvalue weighted by Crippen LogP contribution is 2.24. The van der Waals surface area contributed by atoms with Crippen molar-refractivity contribution in [2.24, 2.45) is 0 Å². The number of carbonyl (C=O) groups is 1. The van der Waals surface area contributed by atoms with Gasteiger partial charge in [0.05, 0.1) is 0 Å². The molecular formula is C16H15F2N3O2. The molecule has 0 aliphatic carbocycles. The molecule has 120 valence electrons. The number of rotatable bonds is 6. The van der Waals surface area contributed by atoms with Crippen LogP contribution in [0.5, 0.6) is 11.6 Å². The molecule has 1 heterocycles. The molecule has 23 heavy (non-hydrogen) atoms. The first-order valence-corrected chi connectivity index (χ1v) is 6.79. The second-order valence-corrected chi connectivity index (χ2v) is 4.50. The maximum atomic E-state index is 13.2. The van der Waals surface area contributed by atoms with E-state index in [0.717, 1.165) is 12.1 Å². The second kappa shape index (κ2) is 7.88. The molecule has 0 unspecified atom stereocenters. The van der Waals surface area contributed by atoms with Crippen LogP contribution in [0.1, 0.15) is 5.56 Å². The lowest BCUT2D eigenvalue weighted by Crippen LogP contribution is -2.35. The van der Waals surface area contributed by atoms with E-state index >= 15 is 0 Å². The van der Waals surface area contributed by atoms with E-state index in [9.17, 15) is 13.6 Å². The number of amides is 2. The Balaban J connectivity index is 2.06. The van der Waals surface area contributed by atoms with Crippen molar-refractivity contribution >= 4 is 6.03 Å². The summed E-state index contributed by atoms with van der Waals surface area (Å²) in [5.41, 5.74) is 0.589. The van der Waals surface area contributed by atoms with Crippen molar-refractivity contribution < 1.29 is 18.3 Å². The highest BCUT2D eigenvalue weighted by atomic mass is 19.2. The van der Waals surface area contributed by atoms with Crippen LogP contribution in [0.25, 0.3) is 0 Å². The lowest BCUT2D eigenvalue weighted by molar-refractivity contribution is 0.241. The summed E-state index contributed by atoms with van der Waals surface area (Å²) in [5, 5.41) is 5.19. The fourth-order valence-electron chi connectivity index (χ4n) is 1.71. The predicted molar refractivity (Wildman–Crippen MR) is 81.1 cm³/mol. The molecule has 7 heteroatoms. The Morgan fingerprint density at radius 3 is 2.83 bits per heavy atom. The fraction of sp³-hybridized carbons (Fsp3) is 0.125. The Morgan fingerprint density at radius 2 is 2.09 bits per heavy atom. The standard InChI is InChI=1S/C16H15F2N3O2/c1-2-7-20-16(22)21-10-11-4-3-8-19-15(11)23-12-5-6-13(17)14(18)9-12/h2-6,8-9H,1,7,10H2,(H2,20,21,22). The van der Waals surface area contributed by atoms with Gasteiger partial charge in [0.2, 0.25) is 5.88 Å². The van der Waals surface area contributed by atoms with E-state index < -0.39 is 11.6 Å². The minimum Gasteiger partial charge on any atom is -0.439 e. The number of nitrogens with one attached hydrogen (secondary N) is 2. The number of urea groups is 1. The summed E-state index contributed by atoms with van der Waals surface area (Å²) in [5.74, 6) is -1.66. The number of carbonyl (C=O) groups excluding carboxylic acids is 1. The SMILES string of the molecule is C=CCNC(=O)NCc1cccnc1Oc1ccc(F)c(F)c1. The molecule has 0 fully saturated rings. The number of aromatic nitrogens is 1. The van der Waals surface area contributed by atoms with Gasteiger partial charge in [-0.05, 0) is 18.2 Å². The molecule has 2 amide bonds. The smallest absolute Gasteiger partial charge is 0.315 e. The molecule has 2 aromatic rings. The molecule has 0 bridgehead atoms. The fourth-order valence-corrected chi connectivity index (χ4v) is 1.71. The summed E-state index contributed by atoms with van der Waals surface area (Å²) in [6.45, 7) is 4.00. The third-order valence-electron chi connectivity index (χ3n) is 2.80. The normalized spacial score (nSPS) is 10.0. The molecule has 0 spiro atoms. The maximum absolute atomic E-state index is 13.2. The van der Waals surface area contributed by atoms with Crippen molar-refractivity contribution in [1.29, 1.82) is 0 Å². The highest BCUT2D eigenvalue weighted by molar-refractivity contribution is 5.74. The third-order valence-corrected chi connectivity index (χ3v) is 2.80. The van der Waals surface area contributed by atoms with E-state index in [1.54, 1.807) is 18.2 Å². The number of benzene rings is 1. The van der Waals surface area contributed by atoms with Gasteiger partial charge in [-0.25, -0.2) is 18.6 Å². The average Bonchev–Trinajstić information content (AvgIpc) is 2.55. The van der Waals surface area contributed by atoms with Crippen LogP contribution in [0.4, 0.5) is 13.6 Å². The molecule has 1 aromatic heterocycles. The van der Waals surface area contributed by atoms with Crippen LogP contribution in [0.15, 0.2) is 49.2 Å². The van der Waals surface area contributed by atoms with Crippen molar-refractivity contribution in [3.05, 3.63) is 66.4 Å². The van der Waals surface area contributed by atoms with E-state index in [1.807, 2.05) is 0 Å². The molecule has 0 aliphatic rings. The summed E-state index contributed by atoms with van der Waals surface area (Å²) >= 11 is 0. The average molecular weight is 319 g/mol.